The van der Waals surface area contributed by atoms with E-state index in [4.69, 9.17) is 0 Å². The van der Waals surface area contributed by atoms with Gasteiger partial charge in [-0.3, -0.25) is 14.5 Å². The Kier molecular flexibility index (Phi) is 15.1. The summed E-state index contributed by atoms with van der Waals surface area (Å²) in [6, 6.07) is 0. The van der Waals surface area contributed by atoms with Crippen LogP contribution in [0.25, 0.3) is 0 Å². The molecule has 0 aromatic heterocycles. The molecule has 44 heavy (non-hydrogen) atoms. The van der Waals surface area contributed by atoms with Gasteiger partial charge in [0.25, 0.3) is 7.41 Å². The molecule has 0 aliphatic carbocycles. The molecule has 5 nitrogen and oxygen atoms in total. The third-order valence-corrected chi connectivity index (χ3v) is 12.8. The normalized spacial score (nSPS) is 26.0. The van der Waals surface area contributed by atoms with Crippen molar-refractivity contribution in [2.45, 2.75) is 185 Å². The van der Waals surface area contributed by atoms with Crippen molar-refractivity contribution in [1.82, 2.24) is 10.1 Å². The summed E-state index contributed by atoms with van der Waals surface area (Å²) in [5.74, 6) is 1.64. The summed E-state index contributed by atoms with van der Waals surface area (Å²) in [7, 11) is 0.190. The molecule has 0 aromatic carbocycles. The molecular weight excluding hydrogens is 543 g/mol. The van der Waals surface area contributed by atoms with Crippen LogP contribution in [-0.2, 0) is 14.4 Å². The number of ketones is 2. The molecule has 256 valence electrons. The molecule has 5 atom stereocenters. The topological polar surface area (TPSA) is 66.5 Å². The fraction of sp³-hybridized carbons (Fsp3) is 0.921. The number of carbonyl (C=O) groups excluding carboxylic acids is 3. The van der Waals surface area contributed by atoms with Gasteiger partial charge in [-0.2, -0.15) is 0 Å². The fourth-order valence-electron chi connectivity index (χ4n) is 9.31. The zero-order valence-electron chi connectivity index (χ0n) is 32.0. The zero-order valence-corrected chi connectivity index (χ0v) is 32.0. The van der Waals surface area contributed by atoms with E-state index in [-0.39, 0.29) is 47.2 Å². The van der Waals surface area contributed by atoms with Crippen LogP contribution in [0.1, 0.15) is 168 Å². The number of hydrogen-bond donors (Lipinski definition) is 1. The van der Waals surface area contributed by atoms with Crippen LogP contribution >= 0.6 is 0 Å². The van der Waals surface area contributed by atoms with E-state index in [0.29, 0.717) is 24.0 Å². The molecule has 1 N–H and O–H groups in total. The lowest BCUT2D eigenvalue weighted by Crippen LogP contribution is -2.69. The van der Waals surface area contributed by atoms with E-state index >= 15 is 0 Å². The maximum Gasteiger partial charge on any atom is 0.284 e. The summed E-state index contributed by atoms with van der Waals surface area (Å²) in [5.41, 5.74) is -1.92. The number of nitrogens with zero attached hydrogens (tertiary/aromatic N) is 1. The van der Waals surface area contributed by atoms with Crippen LogP contribution < -0.4 is 5.23 Å². The highest BCUT2D eigenvalue weighted by Crippen LogP contribution is 2.52. The summed E-state index contributed by atoms with van der Waals surface area (Å²) in [6.45, 7) is 33.8. The first-order valence-corrected chi connectivity index (χ1v) is 18.4. The maximum atomic E-state index is 14.5. The van der Waals surface area contributed by atoms with E-state index in [9.17, 15) is 14.4 Å². The van der Waals surface area contributed by atoms with Crippen LogP contribution in [-0.4, -0.2) is 52.7 Å². The second-order valence-corrected chi connectivity index (χ2v) is 16.4. The van der Waals surface area contributed by atoms with Crippen molar-refractivity contribution in [1.29, 1.82) is 0 Å². The summed E-state index contributed by atoms with van der Waals surface area (Å²) in [5, 5.41) is 3.39. The Morgan fingerprint density at radius 2 is 1.43 bits per heavy atom. The van der Waals surface area contributed by atoms with Crippen molar-refractivity contribution in [3.63, 3.8) is 0 Å². The first-order chi connectivity index (χ1) is 20.3. The number of nitrogens with one attached hydrogen (secondary N) is 1. The third kappa shape index (κ3) is 8.47. The predicted octanol–water partition coefficient (Wildman–Crippen LogP) is 8.76. The molecule has 1 aliphatic heterocycles. The Morgan fingerprint density at radius 3 is 1.84 bits per heavy atom. The molecular formula is C38H73BN2O3. The first-order valence-electron chi connectivity index (χ1n) is 18.4. The molecule has 0 spiro atoms. The average Bonchev–Trinajstić information content (AvgIpc) is 2.96. The van der Waals surface area contributed by atoms with E-state index in [1.807, 2.05) is 13.8 Å². The van der Waals surface area contributed by atoms with E-state index in [0.717, 1.165) is 64.3 Å². The molecule has 1 heterocycles. The molecule has 1 fully saturated rings. The summed E-state index contributed by atoms with van der Waals surface area (Å²) in [6.07, 6.45) is 8.98. The van der Waals surface area contributed by atoms with E-state index in [1.54, 1.807) is 6.92 Å². The van der Waals surface area contributed by atoms with Crippen LogP contribution in [0.5, 0.6) is 0 Å². The van der Waals surface area contributed by atoms with E-state index in [2.05, 4.69) is 93.2 Å². The Bertz CT molecular complexity index is 954. The second kappa shape index (κ2) is 16.2. The van der Waals surface area contributed by atoms with Gasteiger partial charge in [0.1, 0.15) is 17.2 Å². The molecule has 0 saturated carbocycles. The fourth-order valence-corrected chi connectivity index (χ4v) is 9.31. The molecule has 1 aliphatic rings. The van der Waals surface area contributed by atoms with E-state index in [1.165, 1.54) is 0 Å². The van der Waals surface area contributed by atoms with Crippen molar-refractivity contribution in [2.75, 3.05) is 6.54 Å². The summed E-state index contributed by atoms with van der Waals surface area (Å²) in [4.78, 5) is 44.0. The smallest absolute Gasteiger partial charge is 0.284 e. The third-order valence-electron chi connectivity index (χ3n) is 12.8. The molecule has 5 unspecified atom stereocenters. The Hall–Kier alpha value is -1.01. The van der Waals surface area contributed by atoms with Crippen LogP contribution in [0.2, 0.25) is 0 Å². The van der Waals surface area contributed by atoms with Gasteiger partial charge >= 0.3 is 0 Å². The average molecular weight is 617 g/mol. The highest BCUT2D eigenvalue weighted by molar-refractivity contribution is 6.73. The monoisotopic (exact) mass is 617 g/mol. The minimum absolute atomic E-state index is 0.0307. The molecule has 1 saturated heterocycles. The standard InChI is InChI=1S/C38H73BN2O3/c1-16-29-23-27(8)25-41(35(12,13)26-34(10,11)31(24-29)32(43)30(17-2)18-3)38(21-6,22-7)36(14,19-4)33(44)39-40-37(15,20-5)28(9)42/h27,29-31,39-40H,16-26H2,1-15H3. The van der Waals surface area contributed by atoms with Gasteiger partial charge in [0.2, 0.25) is 0 Å². The Balaban J connectivity index is 3.83. The molecule has 1 rings (SSSR count). The van der Waals surface area contributed by atoms with Gasteiger partial charge in [0.15, 0.2) is 0 Å². The van der Waals surface area contributed by atoms with Gasteiger partial charge in [-0.15, -0.1) is 0 Å². The minimum Gasteiger partial charge on any atom is -0.341 e. The quantitative estimate of drug-likeness (QED) is 0.176. The maximum absolute atomic E-state index is 14.5. The minimum atomic E-state index is -0.703. The highest BCUT2D eigenvalue weighted by Gasteiger charge is 2.57. The van der Waals surface area contributed by atoms with Gasteiger partial charge in [0.05, 0.1) is 5.54 Å². The second-order valence-electron chi connectivity index (χ2n) is 16.4. The Labute approximate surface area is 274 Å². The SMILES string of the molecule is CCC1CC(C)CN(C(CC)(CC)C(C)(CC)C(=O)BNC(C)(CC)C(C)=O)C(C)(C)CC(C)(C)C(C(=O)C(CC)CC)C1. The van der Waals surface area contributed by atoms with Crippen molar-refractivity contribution in [3.05, 3.63) is 0 Å². The van der Waals surface area contributed by atoms with Crippen molar-refractivity contribution >= 4 is 24.7 Å². The van der Waals surface area contributed by atoms with Crippen LogP contribution in [0.15, 0.2) is 0 Å². The molecule has 6 heteroatoms. The Morgan fingerprint density at radius 1 is 0.886 bits per heavy atom. The summed E-state index contributed by atoms with van der Waals surface area (Å²) >= 11 is 0. The molecule has 0 aromatic rings. The lowest BCUT2D eigenvalue weighted by molar-refractivity contribution is -0.147. The number of Topliss-reactive ketones (excluding diaryl/α,β-unsaturated/α-hetero) is 2. The van der Waals surface area contributed by atoms with Crippen LogP contribution in [0, 0.1) is 34.5 Å². The zero-order chi connectivity index (χ0) is 34.3. The van der Waals surface area contributed by atoms with Gasteiger partial charge < -0.3 is 10.0 Å². The number of rotatable bonds is 16. The van der Waals surface area contributed by atoms with Crippen molar-refractivity contribution in [3.8, 4) is 0 Å². The van der Waals surface area contributed by atoms with Crippen LogP contribution in [0.4, 0.5) is 0 Å². The van der Waals surface area contributed by atoms with Gasteiger partial charge in [-0.05, 0) is 103 Å². The summed E-state index contributed by atoms with van der Waals surface area (Å²) < 4.78 is 0. The van der Waals surface area contributed by atoms with Gasteiger partial charge in [-0.1, -0.05) is 82.6 Å². The lowest BCUT2D eigenvalue weighted by Gasteiger charge is -2.61. The predicted molar refractivity (Wildman–Crippen MR) is 190 cm³/mol. The lowest BCUT2D eigenvalue weighted by atomic mass is 9.54. The van der Waals surface area contributed by atoms with Gasteiger partial charge in [0, 0.05) is 34.9 Å². The number of hydrogen-bond acceptors (Lipinski definition) is 5. The molecule has 0 bridgehead atoms. The molecule has 0 amide bonds. The van der Waals surface area contributed by atoms with E-state index < -0.39 is 11.0 Å². The molecule has 0 radical (unpaired) electrons. The first kappa shape index (κ1) is 41.0. The van der Waals surface area contributed by atoms with Crippen LogP contribution in [0.3, 0.4) is 0 Å². The van der Waals surface area contributed by atoms with Crippen molar-refractivity contribution in [2.24, 2.45) is 34.5 Å². The highest BCUT2D eigenvalue weighted by atomic mass is 16.1. The largest absolute Gasteiger partial charge is 0.341 e. The number of carbonyl (C=O) groups is 3. The van der Waals surface area contributed by atoms with Crippen molar-refractivity contribution < 1.29 is 14.4 Å². The van der Waals surface area contributed by atoms with Gasteiger partial charge in [-0.25, -0.2) is 0 Å².